The zero-order valence-electron chi connectivity index (χ0n) is 7.41. The third-order valence-corrected chi connectivity index (χ3v) is 1.66. The summed E-state index contributed by atoms with van der Waals surface area (Å²) in [5.41, 5.74) is 4.42. The Morgan fingerprint density at radius 2 is 1.53 bits per heavy atom. The van der Waals surface area contributed by atoms with E-state index >= 15 is 0 Å². The fourth-order valence-corrected chi connectivity index (χ4v) is 0.973. The number of nitro groups is 2. The summed E-state index contributed by atoms with van der Waals surface area (Å²) in [5, 5.41) is 26.1. The molecule has 8 heteroatoms. The Morgan fingerprint density at radius 1 is 1.13 bits per heavy atom. The van der Waals surface area contributed by atoms with Gasteiger partial charge in [0.15, 0.2) is 0 Å². The van der Waals surface area contributed by atoms with Crippen molar-refractivity contribution >= 4 is 17.2 Å². The number of hydrogen-bond donors (Lipinski definition) is 2. The molecular formula is C7H7N4O4+. The van der Waals surface area contributed by atoms with Gasteiger partial charge in [0.05, 0.1) is 21.5 Å². The maximum atomic E-state index is 10.4. The van der Waals surface area contributed by atoms with Crippen LogP contribution in [0.2, 0.25) is 0 Å². The maximum absolute atomic E-state index is 10.4. The van der Waals surface area contributed by atoms with Crippen molar-refractivity contribution in [1.29, 1.82) is 0 Å². The van der Waals surface area contributed by atoms with E-state index in [0.29, 0.717) is 0 Å². The van der Waals surface area contributed by atoms with E-state index in [9.17, 15) is 20.2 Å². The molecule has 0 saturated carbocycles. The molecule has 0 aliphatic heterocycles. The molecule has 1 rings (SSSR count). The summed E-state index contributed by atoms with van der Waals surface area (Å²) in [7, 11) is 0. The van der Waals surface area contributed by atoms with Crippen molar-refractivity contribution in [3.8, 4) is 0 Å². The molecule has 0 aliphatic carbocycles. The maximum Gasteiger partial charge on any atom is 0.277 e. The van der Waals surface area contributed by atoms with E-state index in [1.54, 1.807) is 0 Å². The minimum atomic E-state index is -0.751. The van der Waals surface area contributed by atoms with Gasteiger partial charge in [-0.25, -0.2) is 0 Å². The van der Waals surface area contributed by atoms with Gasteiger partial charge >= 0.3 is 0 Å². The second-order valence-corrected chi connectivity index (χ2v) is 2.71. The van der Waals surface area contributed by atoms with Crippen LogP contribution in [0.1, 0.15) is 5.56 Å². The Kier molecular flexibility index (Phi) is 2.61. The van der Waals surface area contributed by atoms with Crippen LogP contribution < -0.4 is 11.1 Å². The largest absolute Gasteiger partial charge is 0.287 e. The van der Waals surface area contributed by atoms with Gasteiger partial charge in [0.1, 0.15) is 0 Å². The van der Waals surface area contributed by atoms with Gasteiger partial charge in [0.25, 0.3) is 17.2 Å². The van der Waals surface area contributed by atoms with Crippen LogP contribution >= 0.6 is 0 Å². The monoisotopic (exact) mass is 211 g/mol. The number of rotatable bonds is 3. The van der Waals surface area contributed by atoms with Crippen molar-refractivity contribution < 1.29 is 15.3 Å². The fourth-order valence-electron chi connectivity index (χ4n) is 0.973. The molecule has 0 heterocycles. The van der Waals surface area contributed by atoms with Crippen LogP contribution in [-0.4, -0.2) is 15.7 Å². The van der Waals surface area contributed by atoms with Crippen LogP contribution in [0.5, 0.6) is 0 Å². The number of nitro benzene ring substituents is 2. The normalized spacial score (nSPS) is 9.60. The minimum absolute atomic E-state index is 0.0656. The van der Waals surface area contributed by atoms with Crippen molar-refractivity contribution in [2.75, 3.05) is 0 Å². The molecule has 4 N–H and O–H groups in total. The van der Waals surface area contributed by atoms with Crippen LogP contribution in [-0.2, 0) is 0 Å². The third-order valence-electron chi connectivity index (χ3n) is 1.66. The van der Waals surface area contributed by atoms with Gasteiger partial charge in [0, 0.05) is 12.1 Å². The molecule has 8 nitrogen and oxygen atoms in total. The van der Waals surface area contributed by atoms with Gasteiger partial charge in [-0.05, 0) is 0 Å². The topological polar surface area (TPSA) is 138 Å². The Hall–Kier alpha value is -2.51. The third kappa shape index (κ3) is 2.24. The lowest BCUT2D eigenvalue weighted by molar-refractivity contribution is -0.394. The van der Waals surface area contributed by atoms with Gasteiger partial charge in [-0.15, -0.1) is 0 Å². The van der Waals surface area contributed by atoms with Gasteiger partial charge in [-0.3, -0.25) is 31.4 Å². The lowest BCUT2D eigenvalue weighted by atomic mass is 10.1. The van der Waals surface area contributed by atoms with E-state index in [0.717, 1.165) is 18.2 Å². The Morgan fingerprint density at radius 3 is 1.80 bits per heavy atom. The van der Waals surface area contributed by atoms with Crippen LogP contribution in [0, 0.1) is 20.2 Å². The highest BCUT2D eigenvalue weighted by molar-refractivity contribution is 5.94. The number of benzene rings is 1. The van der Waals surface area contributed by atoms with E-state index in [-0.39, 0.29) is 11.4 Å². The molecule has 0 amide bonds. The van der Waals surface area contributed by atoms with Crippen molar-refractivity contribution in [3.63, 3.8) is 0 Å². The number of nitrogens with two attached hydrogens (primary N) is 2. The standard InChI is InChI=1S/C7H6N4O4/c8-7(9)4-1-5(10(12)13)3-6(2-4)11(14)15/h1-3H,(H3,8,9)/p+1. The molecule has 1 aromatic rings. The van der Waals surface area contributed by atoms with E-state index < -0.39 is 21.2 Å². The molecule has 78 valence electrons. The summed E-state index contributed by atoms with van der Waals surface area (Å²) in [6.45, 7) is 0. The molecule has 0 aromatic heterocycles. The first-order chi connectivity index (χ1) is 6.91. The van der Waals surface area contributed by atoms with E-state index in [1.807, 2.05) is 0 Å². The van der Waals surface area contributed by atoms with Crippen LogP contribution in [0.15, 0.2) is 18.2 Å². The minimum Gasteiger partial charge on any atom is -0.287 e. The summed E-state index contributed by atoms with van der Waals surface area (Å²) in [5.74, 6) is -0.207. The van der Waals surface area contributed by atoms with E-state index in [2.05, 4.69) is 0 Å². The van der Waals surface area contributed by atoms with Crippen molar-refractivity contribution in [2.45, 2.75) is 0 Å². The number of amidine groups is 1. The smallest absolute Gasteiger partial charge is 0.277 e. The highest BCUT2D eigenvalue weighted by Crippen LogP contribution is 2.21. The first-order valence-electron chi connectivity index (χ1n) is 3.74. The molecule has 15 heavy (non-hydrogen) atoms. The number of non-ortho nitro benzene ring substituents is 2. The van der Waals surface area contributed by atoms with Crippen molar-refractivity contribution in [2.24, 2.45) is 5.73 Å². The van der Waals surface area contributed by atoms with E-state index in [4.69, 9.17) is 11.1 Å². The highest BCUT2D eigenvalue weighted by Gasteiger charge is 2.18. The van der Waals surface area contributed by atoms with Crippen molar-refractivity contribution in [3.05, 3.63) is 44.0 Å². The molecule has 0 atom stereocenters. The Balaban J connectivity index is 3.39. The highest BCUT2D eigenvalue weighted by atomic mass is 16.6. The van der Waals surface area contributed by atoms with Crippen LogP contribution in [0.3, 0.4) is 0 Å². The quantitative estimate of drug-likeness (QED) is 0.285. The number of hydrogen-bond acceptors (Lipinski definition) is 4. The summed E-state index contributed by atoms with van der Waals surface area (Å²) in [6, 6.07) is 2.98. The first kappa shape index (κ1) is 10.6. The molecule has 0 fully saturated rings. The zero-order valence-corrected chi connectivity index (χ0v) is 7.41. The predicted octanol–water partition coefficient (Wildman–Crippen LogP) is -1.03. The Labute approximate surface area is 83.1 Å². The first-order valence-corrected chi connectivity index (χ1v) is 3.74. The lowest BCUT2D eigenvalue weighted by Crippen LogP contribution is -2.46. The van der Waals surface area contributed by atoms with Gasteiger partial charge in [-0.2, -0.15) is 0 Å². The molecule has 0 radical (unpaired) electrons. The number of nitrogens with zero attached hydrogens (tertiary/aromatic N) is 2. The summed E-state index contributed by atoms with van der Waals surface area (Å²) >= 11 is 0. The lowest BCUT2D eigenvalue weighted by Gasteiger charge is -1.96. The zero-order chi connectivity index (χ0) is 11.6. The van der Waals surface area contributed by atoms with Gasteiger partial charge in [-0.1, -0.05) is 0 Å². The van der Waals surface area contributed by atoms with Gasteiger partial charge < -0.3 is 0 Å². The molecule has 0 aliphatic rings. The average molecular weight is 211 g/mol. The molecule has 1 aromatic carbocycles. The van der Waals surface area contributed by atoms with E-state index in [1.165, 1.54) is 0 Å². The van der Waals surface area contributed by atoms with Crippen LogP contribution in [0.4, 0.5) is 11.4 Å². The van der Waals surface area contributed by atoms with Gasteiger partial charge in [0.2, 0.25) is 0 Å². The molecule has 0 spiro atoms. The molecule has 0 bridgehead atoms. The molecule has 0 saturated heterocycles. The predicted molar refractivity (Wildman–Crippen MR) is 50.0 cm³/mol. The fraction of sp³-hybridized carbons (Fsp3) is 0. The second kappa shape index (κ2) is 3.70. The Bertz CT molecular complexity index is 377. The molecule has 0 unspecified atom stereocenters. The second-order valence-electron chi connectivity index (χ2n) is 2.71. The van der Waals surface area contributed by atoms with Crippen molar-refractivity contribution in [1.82, 2.24) is 0 Å². The summed E-state index contributed by atoms with van der Waals surface area (Å²) in [4.78, 5) is 19.4. The summed E-state index contributed by atoms with van der Waals surface area (Å²) in [6.07, 6.45) is 0. The van der Waals surface area contributed by atoms with Crippen LogP contribution in [0.25, 0.3) is 0 Å². The molecular weight excluding hydrogens is 204 g/mol. The summed E-state index contributed by atoms with van der Waals surface area (Å²) < 4.78 is 0. The SMILES string of the molecule is NC(=[NH2+])c1cc([N+](=O)[O-])cc([N+](=O)[O-])c1. The average Bonchev–Trinajstić information content (AvgIpc) is 2.16.